The maximum absolute atomic E-state index is 13.7. The number of amides is 1. The molecule has 8 heteroatoms. The first-order valence-corrected chi connectivity index (χ1v) is 15.5. The summed E-state index contributed by atoms with van der Waals surface area (Å²) in [6.07, 6.45) is -2.46. The van der Waals surface area contributed by atoms with Crippen LogP contribution in [0.15, 0.2) is 97.1 Å². The van der Waals surface area contributed by atoms with Crippen LogP contribution in [0.2, 0.25) is 5.02 Å². The molecule has 1 amide bonds. The summed E-state index contributed by atoms with van der Waals surface area (Å²) >= 11 is 6.37. The summed E-state index contributed by atoms with van der Waals surface area (Å²) in [6.45, 7) is 3.21. The highest BCUT2D eigenvalue weighted by atomic mass is 35.5. The Morgan fingerprint density at radius 1 is 0.750 bits per heavy atom. The van der Waals surface area contributed by atoms with Gasteiger partial charge in [0.05, 0.1) is 0 Å². The fourth-order valence-electron chi connectivity index (χ4n) is 6.79. The van der Waals surface area contributed by atoms with Crippen molar-refractivity contribution in [2.45, 2.75) is 30.9 Å². The first kappa shape index (κ1) is 30.2. The van der Waals surface area contributed by atoms with Crippen molar-refractivity contribution >= 4 is 23.2 Å². The molecule has 0 unspecified atom stereocenters. The third-order valence-electron chi connectivity index (χ3n) is 8.97. The second-order valence-electron chi connectivity index (χ2n) is 11.6. The largest absolute Gasteiger partial charge is 0.405 e. The van der Waals surface area contributed by atoms with Crippen LogP contribution >= 0.6 is 11.6 Å². The normalized spacial score (nSPS) is 16.0. The molecule has 1 N–H and O–H groups in total. The van der Waals surface area contributed by atoms with E-state index in [1.807, 2.05) is 72.8 Å². The number of benzene rings is 4. The van der Waals surface area contributed by atoms with Crippen molar-refractivity contribution in [1.82, 2.24) is 10.2 Å². The number of hydrogen-bond acceptors (Lipinski definition) is 3. The summed E-state index contributed by atoms with van der Waals surface area (Å²) in [4.78, 5) is 18.5. The van der Waals surface area contributed by atoms with Crippen LogP contribution in [0.4, 0.5) is 18.9 Å². The molecule has 0 bridgehead atoms. The molecular formula is C36H35ClF3N3O. The Morgan fingerprint density at radius 2 is 1.32 bits per heavy atom. The number of nitrogens with one attached hydrogen (secondary N) is 1. The van der Waals surface area contributed by atoms with Gasteiger partial charge < -0.3 is 10.2 Å². The maximum Gasteiger partial charge on any atom is 0.405 e. The molecule has 2 aliphatic rings. The molecule has 4 nitrogen and oxygen atoms in total. The van der Waals surface area contributed by atoms with E-state index in [2.05, 4.69) is 39.4 Å². The number of hydrogen-bond donors (Lipinski definition) is 1. The zero-order valence-corrected chi connectivity index (χ0v) is 25.2. The van der Waals surface area contributed by atoms with Crippen LogP contribution < -0.4 is 10.2 Å². The Bertz CT molecular complexity index is 1570. The van der Waals surface area contributed by atoms with Crippen molar-refractivity contribution in [3.05, 3.63) is 113 Å². The lowest BCUT2D eigenvalue weighted by Gasteiger charge is -2.36. The second-order valence-corrected chi connectivity index (χ2v) is 12.0. The lowest BCUT2D eigenvalue weighted by Crippen LogP contribution is -2.47. The molecule has 44 heavy (non-hydrogen) atoms. The molecule has 1 heterocycles. The van der Waals surface area contributed by atoms with E-state index in [4.69, 9.17) is 11.6 Å². The van der Waals surface area contributed by atoms with Crippen molar-refractivity contribution in [3.8, 4) is 22.3 Å². The summed E-state index contributed by atoms with van der Waals surface area (Å²) in [6, 6.07) is 31.6. The van der Waals surface area contributed by atoms with Gasteiger partial charge in [0.1, 0.15) is 12.0 Å². The Hall–Kier alpha value is -3.81. The SMILES string of the molecule is O=C(NCC(F)(F)F)C1(CCCCN2CCN(c3ccc(-c4ccccc4Cl)cc3)CC2)c2ccccc2-c2ccccc21. The molecule has 4 aromatic rings. The number of nitrogens with zero attached hydrogens (tertiary/aromatic N) is 2. The van der Waals surface area contributed by atoms with Gasteiger partial charge in [0, 0.05) is 42.5 Å². The van der Waals surface area contributed by atoms with Gasteiger partial charge in [-0.15, -0.1) is 0 Å². The van der Waals surface area contributed by atoms with Crippen LogP contribution in [0.25, 0.3) is 22.3 Å². The van der Waals surface area contributed by atoms with E-state index in [1.54, 1.807) is 0 Å². The number of halogens is 4. The number of unbranched alkanes of at least 4 members (excludes halogenated alkanes) is 1. The number of rotatable bonds is 9. The van der Waals surface area contributed by atoms with Gasteiger partial charge in [-0.05, 0) is 65.4 Å². The number of fused-ring (bicyclic) bond motifs is 3. The third-order valence-corrected chi connectivity index (χ3v) is 9.30. The number of carbonyl (C=O) groups excluding carboxylic acids is 1. The molecule has 228 valence electrons. The van der Waals surface area contributed by atoms with Crippen molar-refractivity contribution < 1.29 is 18.0 Å². The van der Waals surface area contributed by atoms with Crippen LogP contribution in [0.1, 0.15) is 30.4 Å². The third kappa shape index (κ3) is 6.08. The van der Waals surface area contributed by atoms with Crippen LogP contribution in [0, 0.1) is 0 Å². The molecule has 6 rings (SSSR count). The van der Waals surface area contributed by atoms with E-state index < -0.39 is 24.0 Å². The van der Waals surface area contributed by atoms with Gasteiger partial charge in [-0.25, -0.2) is 0 Å². The van der Waals surface area contributed by atoms with Crippen LogP contribution in [-0.4, -0.2) is 56.3 Å². The predicted molar refractivity (Wildman–Crippen MR) is 171 cm³/mol. The molecule has 1 fully saturated rings. The van der Waals surface area contributed by atoms with Gasteiger partial charge >= 0.3 is 6.18 Å². The van der Waals surface area contributed by atoms with Crippen LogP contribution in [0.5, 0.6) is 0 Å². The van der Waals surface area contributed by atoms with E-state index in [0.717, 1.165) is 77.5 Å². The van der Waals surface area contributed by atoms with Crippen molar-refractivity contribution in [2.75, 3.05) is 44.2 Å². The standard InChI is InChI=1S/C36H35ClF3N3O/c37-33-14-6-3-9-28(33)26-15-17-27(18-16-26)43-23-21-42(22-24-43)20-8-7-19-35(34(44)41-25-36(38,39)40)31-12-4-1-10-29(31)30-11-2-5-13-32(30)35/h1-6,9-18H,7-8,19-25H2,(H,41,44). The number of alkyl halides is 3. The molecule has 4 aromatic carbocycles. The van der Waals surface area contributed by atoms with Gasteiger partial charge in [0.25, 0.3) is 0 Å². The molecule has 0 radical (unpaired) electrons. The molecule has 0 aromatic heterocycles. The fourth-order valence-corrected chi connectivity index (χ4v) is 7.03. The average Bonchev–Trinajstić information content (AvgIpc) is 3.33. The van der Waals surface area contributed by atoms with E-state index in [1.165, 1.54) is 5.69 Å². The molecule has 1 aliphatic heterocycles. The minimum Gasteiger partial charge on any atom is -0.369 e. The molecule has 0 saturated carbocycles. The molecule has 1 saturated heterocycles. The van der Waals surface area contributed by atoms with Gasteiger partial charge in [-0.3, -0.25) is 9.69 Å². The number of anilines is 1. The topological polar surface area (TPSA) is 35.6 Å². The number of piperazine rings is 1. The Labute approximate surface area is 261 Å². The predicted octanol–water partition coefficient (Wildman–Crippen LogP) is 7.94. The number of carbonyl (C=O) groups is 1. The van der Waals surface area contributed by atoms with Crippen molar-refractivity contribution in [1.29, 1.82) is 0 Å². The summed E-state index contributed by atoms with van der Waals surface area (Å²) in [5.74, 6) is -0.582. The molecule has 0 spiro atoms. The van der Waals surface area contributed by atoms with Crippen molar-refractivity contribution in [2.24, 2.45) is 0 Å². The first-order valence-electron chi connectivity index (χ1n) is 15.1. The molecule has 1 aliphatic carbocycles. The summed E-state index contributed by atoms with van der Waals surface area (Å²) < 4.78 is 39.4. The van der Waals surface area contributed by atoms with Crippen molar-refractivity contribution in [3.63, 3.8) is 0 Å². The highest BCUT2D eigenvalue weighted by molar-refractivity contribution is 6.33. The smallest absolute Gasteiger partial charge is 0.369 e. The average molecular weight is 618 g/mol. The van der Waals surface area contributed by atoms with E-state index >= 15 is 0 Å². The Balaban J connectivity index is 1.08. The highest BCUT2D eigenvalue weighted by Crippen LogP contribution is 2.51. The zero-order valence-electron chi connectivity index (χ0n) is 24.4. The summed E-state index contributed by atoms with van der Waals surface area (Å²) in [5, 5.41) is 2.97. The Morgan fingerprint density at radius 3 is 1.91 bits per heavy atom. The monoisotopic (exact) mass is 617 g/mol. The summed E-state index contributed by atoms with van der Waals surface area (Å²) in [5.41, 5.74) is 5.57. The second kappa shape index (κ2) is 12.7. The van der Waals surface area contributed by atoms with Gasteiger partial charge in [-0.2, -0.15) is 13.2 Å². The van der Waals surface area contributed by atoms with E-state index in [-0.39, 0.29) is 0 Å². The minimum atomic E-state index is -4.48. The molecule has 0 atom stereocenters. The minimum absolute atomic E-state index is 0.447. The lowest BCUT2D eigenvalue weighted by molar-refractivity contribution is -0.141. The van der Waals surface area contributed by atoms with Crippen LogP contribution in [0.3, 0.4) is 0 Å². The van der Waals surface area contributed by atoms with Gasteiger partial charge in [-0.1, -0.05) is 96.9 Å². The molecular weight excluding hydrogens is 583 g/mol. The van der Waals surface area contributed by atoms with Crippen LogP contribution in [-0.2, 0) is 10.2 Å². The van der Waals surface area contributed by atoms with Gasteiger partial charge in [0.2, 0.25) is 5.91 Å². The summed E-state index contributed by atoms with van der Waals surface area (Å²) in [7, 11) is 0. The fraction of sp³-hybridized carbons (Fsp3) is 0.306. The maximum atomic E-state index is 13.7. The van der Waals surface area contributed by atoms with Gasteiger partial charge in [0.15, 0.2) is 0 Å². The zero-order chi connectivity index (χ0) is 30.7. The lowest BCUT2D eigenvalue weighted by atomic mass is 9.73. The Kier molecular flexibility index (Phi) is 8.70. The quantitative estimate of drug-likeness (QED) is 0.194. The van der Waals surface area contributed by atoms with E-state index in [0.29, 0.717) is 12.8 Å². The highest BCUT2D eigenvalue weighted by Gasteiger charge is 2.49. The first-order chi connectivity index (χ1) is 21.3. The van der Waals surface area contributed by atoms with E-state index in [9.17, 15) is 18.0 Å².